The Kier molecular flexibility index (Phi) is 4.28. The largest absolute Gasteiger partial charge is 0.327 e. The van der Waals surface area contributed by atoms with Crippen molar-refractivity contribution in [3.63, 3.8) is 0 Å². The number of carbonyl (C=O) groups excluding carboxylic acids is 2. The standard InChI is InChI=1S/C12H16N4O2/c1-3-12(2)10(17)15(8-4-6-13)11(18)16(12)9-5-7-14/h3-5,8-9H2,1-2H3. The van der Waals surface area contributed by atoms with Crippen LogP contribution in [-0.2, 0) is 4.79 Å². The molecule has 0 N–H and O–H groups in total. The molecule has 0 aromatic carbocycles. The smallest absolute Gasteiger partial charge is 0.309 e. The second-order valence-electron chi connectivity index (χ2n) is 4.33. The van der Waals surface area contributed by atoms with E-state index in [-0.39, 0.29) is 31.8 Å². The number of nitrogens with zero attached hydrogens (tertiary/aromatic N) is 4. The summed E-state index contributed by atoms with van der Waals surface area (Å²) in [6, 6.07) is 3.50. The zero-order valence-corrected chi connectivity index (χ0v) is 10.6. The number of urea groups is 1. The summed E-state index contributed by atoms with van der Waals surface area (Å²) in [5.74, 6) is -0.275. The molecule has 0 bridgehead atoms. The van der Waals surface area contributed by atoms with Crippen molar-refractivity contribution in [3.05, 3.63) is 0 Å². The van der Waals surface area contributed by atoms with E-state index in [0.717, 1.165) is 4.90 Å². The molecule has 0 aliphatic carbocycles. The SMILES string of the molecule is CCC1(C)C(=O)N(CCC#N)C(=O)N1CCC#N. The Morgan fingerprint density at radius 2 is 1.72 bits per heavy atom. The minimum Gasteiger partial charge on any atom is -0.309 e. The fraction of sp³-hybridized carbons (Fsp3) is 0.667. The highest BCUT2D eigenvalue weighted by atomic mass is 16.2. The van der Waals surface area contributed by atoms with Crippen LogP contribution in [0.15, 0.2) is 0 Å². The van der Waals surface area contributed by atoms with Crippen LogP contribution >= 0.6 is 0 Å². The molecule has 1 atom stereocenters. The minimum absolute atomic E-state index is 0.118. The number of hydrogen-bond acceptors (Lipinski definition) is 4. The summed E-state index contributed by atoms with van der Waals surface area (Å²) in [7, 11) is 0. The van der Waals surface area contributed by atoms with Crippen molar-refractivity contribution < 1.29 is 9.59 Å². The van der Waals surface area contributed by atoms with Gasteiger partial charge in [-0.05, 0) is 13.3 Å². The Balaban J connectivity index is 2.96. The predicted octanol–water partition coefficient (Wildman–Crippen LogP) is 1.25. The molecule has 1 fully saturated rings. The predicted molar refractivity (Wildman–Crippen MR) is 63.0 cm³/mol. The number of rotatable bonds is 5. The Morgan fingerprint density at radius 1 is 1.17 bits per heavy atom. The molecular weight excluding hydrogens is 232 g/mol. The van der Waals surface area contributed by atoms with Crippen LogP contribution in [0.1, 0.15) is 33.1 Å². The molecule has 0 saturated carbocycles. The van der Waals surface area contributed by atoms with E-state index in [9.17, 15) is 9.59 Å². The van der Waals surface area contributed by atoms with Gasteiger partial charge in [0, 0.05) is 13.1 Å². The zero-order chi connectivity index (χ0) is 13.8. The fourth-order valence-electron chi connectivity index (χ4n) is 2.06. The Morgan fingerprint density at radius 3 is 2.22 bits per heavy atom. The van der Waals surface area contributed by atoms with Crippen LogP contribution in [-0.4, -0.2) is 40.4 Å². The quantitative estimate of drug-likeness (QED) is 0.685. The molecule has 1 saturated heterocycles. The van der Waals surface area contributed by atoms with Crippen molar-refractivity contribution in [2.45, 2.75) is 38.6 Å². The Labute approximate surface area is 106 Å². The lowest BCUT2D eigenvalue weighted by molar-refractivity contribution is -0.132. The first-order valence-electron chi connectivity index (χ1n) is 5.90. The van der Waals surface area contributed by atoms with E-state index in [0.29, 0.717) is 6.42 Å². The Hall–Kier alpha value is -2.08. The van der Waals surface area contributed by atoms with E-state index >= 15 is 0 Å². The summed E-state index contributed by atoms with van der Waals surface area (Å²) in [5, 5.41) is 17.1. The van der Waals surface area contributed by atoms with Crippen molar-refractivity contribution in [1.82, 2.24) is 9.80 Å². The van der Waals surface area contributed by atoms with Crippen LogP contribution in [0.5, 0.6) is 0 Å². The van der Waals surface area contributed by atoms with Crippen LogP contribution in [0.2, 0.25) is 0 Å². The third kappa shape index (κ3) is 2.14. The zero-order valence-electron chi connectivity index (χ0n) is 10.6. The van der Waals surface area contributed by atoms with E-state index in [4.69, 9.17) is 10.5 Å². The van der Waals surface area contributed by atoms with Gasteiger partial charge in [0.25, 0.3) is 5.91 Å². The van der Waals surface area contributed by atoms with Crippen LogP contribution < -0.4 is 0 Å². The maximum atomic E-state index is 12.2. The highest BCUT2D eigenvalue weighted by Crippen LogP contribution is 2.30. The molecule has 18 heavy (non-hydrogen) atoms. The van der Waals surface area contributed by atoms with Crippen LogP contribution in [0.3, 0.4) is 0 Å². The molecule has 6 nitrogen and oxygen atoms in total. The first-order chi connectivity index (χ1) is 8.52. The van der Waals surface area contributed by atoms with Crippen molar-refractivity contribution in [3.8, 4) is 12.1 Å². The summed E-state index contributed by atoms with van der Waals surface area (Å²) in [6.45, 7) is 3.90. The summed E-state index contributed by atoms with van der Waals surface area (Å²) in [4.78, 5) is 26.9. The van der Waals surface area contributed by atoms with E-state index in [1.54, 1.807) is 6.92 Å². The molecule has 96 valence electrons. The first kappa shape index (κ1) is 14.0. The van der Waals surface area contributed by atoms with Gasteiger partial charge in [0.15, 0.2) is 0 Å². The molecule has 6 heteroatoms. The maximum absolute atomic E-state index is 12.2. The number of hydrogen-bond donors (Lipinski definition) is 0. The highest BCUT2D eigenvalue weighted by molar-refractivity contribution is 6.06. The van der Waals surface area contributed by atoms with Gasteiger partial charge in [-0.1, -0.05) is 6.92 Å². The van der Waals surface area contributed by atoms with Gasteiger partial charge in [0.05, 0.1) is 25.0 Å². The van der Waals surface area contributed by atoms with Crippen LogP contribution in [0.25, 0.3) is 0 Å². The second-order valence-corrected chi connectivity index (χ2v) is 4.33. The summed E-state index contributed by atoms with van der Waals surface area (Å²) < 4.78 is 0. The highest BCUT2D eigenvalue weighted by Gasteiger charge is 2.52. The van der Waals surface area contributed by atoms with Crippen molar-refractivity contribution >= 4 is 11.9 Å². The summed E-state index contributed by atoms with van der Waals surface area (Å²) >= 11 is 0. The van der Waals surface area contributed by atoms with Crippen LogP contribution in [0, 0.1) is 22.7 Å². The third-order valence-electron chi connectivity index (χ3n) is 3.35. The molecular formula is C12H16N4O2. The number of nitriles is 2. The van der Waals surface area contributed by atoms with E-state index in [1.807, 2.05) is 19.1 Å². The second kappa shape index (κ2) is 5.50. The molecule has 0 radical (unpaired) electrons. The molecule has 0 aromatic rings. The van der Waals surface area contributed by atoms with Crippen molar-refractivity contribution in [2.24, 2.45) is 0 Å². The molecule has 1 rings (SSSR count). The lowest BCUT2D eigenvalue weighted by Crippen LogP contribution is -2.46. The van der Waals surface area contributed by atoms with Gasteiger partial charge in [-0.25, -0.2) is 4.79 Å². The lowest BCUT2D eigenvalue weighted by atomic mass is 9.97. The Bertz CT molecular complexity index is 434. The molecule has 0 spiro atoms. The van der Waals surface area contributed by atoms with Gasteiger partial charge in [-0.3, -0.25) is 9.69 Å². The molecule has 1 unspecified atom stereocenters. The molecule has 1 aliphatic heterocycles. The monoisotopic (exact) mass is 248 g/mol. The number of imide groups is 1. The van der Waals surface area contributed by atoms with Gasteiger partial charge < -0.3 is 4.90 Å². The van der Waals surface area contributed by atoms with Gasteiger partial charge in [-0.2, -0.15) is 10.5 Å². The van der Waals surface area contributed by atoms with Crippen LogP contribution in [0.4, 0.5) is 4.79 Å². The molecule has 1 heterocycles. The van der Waals surface area contributed by atoms with Crippen molar-refractivity contribution in [2.75, 3.05) is 13.1 Å². The average molecular weight is 248 g/mol. The van der Waals surface area contributed by atoms with Gasteiger partial charge >= 0.3 is 6.03 Å². The summed E-state index contributed by atoms with van der Waals surface area (Å²) in [5.41, 5.74) is -0.886. The maximum Gasteiger partial charge on any atom is 0.327 e. The van der Waals surface area contributed by atoms with Gasteiger partial charge in [0.2, 0.25) is 0 Å². The molecule has 0 aromatic heterocycles. The minimum atomic E-state index is -0.886. The fourth-order valence-corrected chi connectivity index (χ4v) is 2.06. The van der Waals surface area contributed by atoms with E-state index < -0.39 is 11.6 Å². The van der Waals surface area contributed by atoms with Gasteiger partial charge in [-0.15, -0.1) is 0 Å². The number of carbonyl (C=O) groups is 2. The van der Waals surface area contributed by atoms with Gasteiger partial charge in [0.1, 0.15) is 5.54 Å². The first-order valence-corrected chi connectivity index (χ1v) is 5.90. The van der Waals surface area contributed by atoms with E-state index in [2.05, 4.69) is 0 Å². The average Bonchev–Trinajstić information content (AvgIpc) is 2.55. The topological polar surface area (TPSA) is 88.2 Å². The third-order valence-corrected chi connectivity index (χ3v) is 3.35. The summed E-state index contributed by atoms with van der Waals surface area (Å²) in [6.07, 6.45) is 0.816. The van der Waals surface area contributed by atoms with Crippen molar-refractivity contribution in [1.29, 1.82) is 10.5 Å². The molecule has 1 aliphatic rings. The van der Waals surface area contributed by atoms with E-state index in [1.165, 1.54) is 4.90 Å². The number of amides is 3. The lowest BCUT2D eigenvalue weighted by Gasteiger charge is -2.29. The normalized spacial score (nSPS) is 23.1. The molecule has 3 amide bonds.